The lowest BCUT2D eigenvalue weighted by molar-refractivity contribution is -0.145. The van der Waals surface area contributed by atoms with Crippen LogP contribution in [0.2, 0.25) is 5.02 Å². The van der Waals surface area contributed by atoms with Crippen molar-refractivity contribution in [3.63, 3.8) is 0 Å². The van der Waals surface area contributed by atoms with E-state index >= 15 is 0 Å². The van der Waals surface area contributed by atoms with Crippen LogP contribution in [0.5, 0.6) is 0 Å². The molecule has 5 heteroatoms. The first kappa shape index (κ1) is 16.5. The van der Waals surface area contributed by atoms with Crippen LogP contribution < -0.4 is 0 Å². The molecule has 4 nitrogen and oxygen atoms in total. The van der Waals surface area contributed by atoms with Crippen molar-refractivity contribution in [2.75, 3.05) is 20.2 Å². The fraction of sp³-hybridized carbons (Fsp3) is 0.467. The summed E-state index contributed by atoms with van der Waals surface area (Å²) in [6, 6.07) is 6.92. The van der Waals surface area contributed by atoms with Gasteiger partial charge in [-0.1, -0.05) is 37.6 Å². The zero-order chi connectivity index (χ0) is 15.1. The summed E-state index contributed by atoms with van der Waals surface area (Å²) in [4.78, 5) is 25.6. The maximum Gasteiger partial charge on any atom is 0.310 e. The molecule has 0 saturated carbocycles. The van der Waals surface area contributed by atoms with E-state index in [4.69, 9.17) is 16.3 Å². The number of ether oxygens (including phenoxy) is 1. The molecule has 0 heterocycles. The van der Waals surface area contributed by atoms with Crippen LogP contribution in [0.4, 0.5) is 0 Å². The molecule has 1 aromatic rings. The monoisotopic (exact) mass is 297 g/mol. The summed E-state index contributed by atoms with van der Waals surface area (Å²) < 4.78 is 4.70. The molecule has 0 fully saturated rings. The molecule has 1 aromatic carbocycles. The third kappa shape index (κ3) is 4.23. The fourth-order valence-electron chi connectivity index (χ4n) is 1.96. The van der Waals surface area contributed by atoms with E-state index in [1.54, 1.807) is 36.1 Å². The Morgan fingerprint density at radius 2 is 2.00 bits per heavy atom. The Balaban J connectivity index is 2.88. The van der Waals surface area contributed by atoms with Gasteiger partial charge >= 0.3 is 5.97 Å². The average Bonchev–Trinajstić information content (AvgIpc) is 2.45. The first-order valence-corrected chi connectivity index (χ1v) is 7.00. The second-order valence-corrected chi connectivity index (χ2v) is 5.06. The first-order valence-electron chi connectivity index (χ1n) is 6.62. The number of hydrogen-bond acceptors (Lipinski definition) is 3. The fourth-order valence-corrected chi connectivity index (χ4v) is 2.17. The van der Waals surface area contributed by atoms with Crippen molar-refractivity contribution in [3.8, 4) is 0 Å². The lowest BCUT2D eigenvalue weighted by Gasteiger charge is -2.25. The van der Waals surface area contributed by atoms with E-state index in [-0.39, 0.29) is 17.8 Å². The Labute approximate surface area is 124 Å². The van der Waals surface area contributed by atoms with Crippen molar-refractivity contribution in [2.24, 2.45) is 5.92 Å². The van der Waals surface area contributed by atoms with E-state index < -0.39 is 0 Å². The van der Waals surface area contributed by atoms with Crippen molar-refractivity contribution in [2.45, 2.75) is 20.3 Å². The van der Waals surface area contributed by atoms with Crippen LogP contribution in [0.1, 0.15) is 30.6 Å². The number of carbonyl (C=O) groups excluding carboxylic acids is 2. The van der Waals surface area contributed by atoms with Crippen LogP contribution in [0.15, 0.2) is 24.3 Å². The van der Waals surface area contributed by atoms with Crippen LogP contribution in [-0.4, -0.2) is 37.0 Å². The largest absolute Gasteiger partial charge is 0.469 e. The lowest BCUT2D eigenvalue weighted by Crippen LogP contribution is -2.37. The van der Waals surface area contributed by atoms with E-state index in [2.05, 4.69) is 0 Å². The van der Waals surface area contributed by atoms with Gasteiger partial charge in [0.25, 0.3) is 5.91 Å². The van der Waals surface area contributed by atoms with Crippen molar-refractivity contribution < 1.29 is 14.3 Å². The zero-order valence-corrected chi connectivity index (χ0v) is 12.8. The molecule has 0 N–H and O–H groups in total. The van der Waals surface area contributed by atoms with E-state index in [1.165, 1.54) is 7.11 Å². The predicted octanol–water partition coefficient (Wildman–Crippen LogP) is 3.00. The number of carbonyl (C=O) groups is 2. The van der Waals surface area contributed by atoms with Gasteiger partial charge in [0.15, 0.2) is 0 Å². The molecule has 110 valence electrons. The molecule has 0 aliphatic rings. The van der Waals surface area contributed by atoms with E-state index in [1.807, 2.05) is 6.92 Å². The minimum Gasteiger partial charge on any atom is -0.469 e. The highest BCUT2D eigenvalue weighted by atomic mass is 35.5. The second kappa shape index (κ2) is 7.90. The van der Waals surface area contributed by atoms with Gasteiger partial charge in [0.05, 0.1) is 23.6 Å². The maximum atomic E-state index is 12.5. The Hall–Kier alpha value is -1.55. The van der Waals surface area contributed by atoms with Gasteiger partial charge in [-0.3, -0.25) is 9.59 Å². The Bertz CT molecular complexity index is 476. The molecule has 1 unspecified atom stereocenters. The molecule has 20 heavy (non-hydrogen) atoms. The Morgan fingerprint density at radius 3 is 2.55 bits per heavy atom. The highest BCUT2D eigenvalue weighted by molar-refractivity contribution is 6.33. The van der Waals surface area contributed by atoms with E-state index in [9.17, 15) is 9.59 Å². The quantitative estimate of drug-likeness (QED) is 0.758. The van der Waals surface area contributed by atoms with Gasteiger partial charge in [-0.25, -0.2) is 0 Å². The summed E-state index contributed by atoms with van der Waals surface area (Å²) >= 11 is 6.05. The number of hydrogen-bond donors (Lipinski definition) is 0. The molecule has 0 aliphatic carbocycles. The highest BCUT2D eigenvalue weighted by Gasteiger charge is 2.23. The van der Waals surface area contributed by atoms with Gasteiger partial charge in [-0.05, 0) is 18.6 Å². The van der Waals surface area contributed by atoms with Gasteiger partial charge in [0, 0.05) is 13.1 Å². The van der Waals surface area contributed by atoms with Crippen LogP contribution in [-0.2, 0) is 9.53 Å². The number of nitrogens with zero attached hydrogens (tertiary/aromatic N) is 1. The van der Waals surface area contributed by atoms with E-state index in [0.29, 0.717) is 23.7 Å². The first-order chi connectivity index (χ1) is 9.51. The summed E-state index contributed by atoms with van der Waals surface area (Å²) in [5, 5.41) is 0.421. The second-order valence-electron chi connectivity index (χ2n) is 4.66. The standard InChI is InChI=1S/C15H20ClNO3/c1-4-9-17(10-11(2)15(19)20-3)14(18)12-7-5-6-8-13(12)16/h5-8,11H,4,9-10H2,1-3H3. The van der Waals surface area contributed by atoms with Gasteiger partial charge in [0.1, 0.15) is 0 Å². The Morgan fingerprint density at radius 1 is 1.35 bits per heavy atom. The van der Waals surface area contributed by atoms with Crippen LogP contribution >= 0.6 is 11.6 Å². The maximum absolute atomic E-state index is 12.5. The van der Waals surface area contributed by atoms with Crippen molar-refractivity contribution in [1.82, 2.24) is 4.90 Å². The summed E-state index contributed by atoms with van der Waals surface area (Å²) in [7, 11) is 1.35. The lowest BCUT2D eigenvalue weighted by atomic mass is 10.1. The smallest absolute Gasteiger partial charge is 0.310 e. The average molecular weight is 298 g/mol. The van der Waals surface area contributed by atoms with Gasteiger partial charge < -0.3 is 9.64 Å². The minimum atomic E-state index is -0.363. The van der Waals surface area contributed by atoms with Gasteiger partial charge in [0.2, 0.25) is 0 Å². The van der Waals surface area contributed by atoms with Crippen LogP contribution in [0, 0.1) is 5.92 Å². The zero-order valence-electron chi connectivity index (χ0n) is 12.1. The minimum absolute atomic E-state index is 0.159. The number of benzene rings is 1. The van der Waals surface area contributed by atoms with Crippen molar-refractivity contribution in [3.05, 3.63) is 34.9 Å². The molecule has 1 atom stereocenters. The number of esters is 1. The molecule has 0 aromatic heterocycles. The summed E-state index contributed by atoms with van der Waals surface area (Å²) in [5.41, 5.74) is 0.458. The topological polar surface area (TPSA) is 46.6 Å². The van der Waals surface area contributed by atoms with Crippen molar-refractivity contribution in [1.29, 1.82) is 0 Å². The molecule has 0 radical (unpaired) electrons. The molecular weight excluding hydrogens is 278 g/mol. The number of amides is 1. The van der Waals surface area contributed by atoms with Gasteiger partial charge in [-0.15, -0.1) is 0 Å². The number of methoxy groups -OCH3 is 1. The molecule has 0 saturated heterocycles. The third-order valence-electron chi connectivity index (χ3n) is 2.98. The molecule has 1 rings (SSSR count). The van der Waals surface area contributed by atoms with Crippen LogP contribution in [0.25, 0.3) is 0 Å². The van der Waals surface area contributed by atoms with Gasteiger partial charge in [-0.2, -0.15) is 0 Å². The molecule has 0 spiro atoms. The Kier molecular flexibility index (Phi) is 6.52. The molecule has 0 bridgehead atoms. The SMILES string of the molecule is CCCN(CC(C)C(=O)OC)C(=O)c1ccccc1Cl. The highest BCUT2D eigenvalue weighted by Crippen LogP contribution is 2.18. The van der Waals surface area contributed by atoms with E-state index in [0.717, 1.165) is 6.42 Å². The predicted molar refractivity (Wildman–Crippen MR) is 78.8 cm³/mol. The van der Waals surface area contributed by atoms with Crippen molar-refractivity contribution >= 4 is 23.5 Å². The van der Waals surface area contributed by atoms with Crippen LogP contribution in [0.3, 0.4) is 0 Å². The summed E-state index contributed by atoms with van der Waals surface area (Å²) in [6.07, 6.45) is 0.810. The molecular formula is C15H20ClNO3. The summed E-state index contributed by atoms with van der Waals surface area (Å²) in [6.45, 7) is 4.63. The normalized spacial score (nSPS) is 11.8. The molecule has 1 amide bonds. The third-order valence-corrected chi connectivity index (χ3v) is 3.31. The summed E-state index contributed by atoms with van der Waals surface area (Å²) in [5.74, 6) is -0.843. The molecule has 0 aliphatic heterocycles. The number of rotatable bonds is 6. The number of halogens is 1.